The van der Waals surface area contributed by atoms with Gasteiger partial charge in [-0.2, -0.15) is 13.2 Å². The van der Waals surface area contributed by atoms with Gasteiger partial charge < -0.3 is 9.15 Å². The van der Waals surface area contributed by atoms with Crippen LogP contribution in [0.2, 0.25) is 0 Å². The predicted octanol–water partition coefficient (Wildman–Crippen LogP) is 2.62. The highest BCUT2D eigenvalue weighted by molar-refractivity contribution is 7.92. The number of aromatic nitrogens is 1. The summed E-state index contributed by atoms with van der Waals surface area (Å²) in [6, 6.07) is 3.68. The topological polar surface area (TPSA) is 81.4 Å². The molecule has 2 aromatic rings. The molecule has 0 aliphatic carbocycles. The molecule has 0 radical (unpaired) electrons. The monoisotopic (exact) mass is 338 g/mol. The Labute approximate surface area is 124 Å². The molecule has 1 aromatic heterocycles. The molecule has 0 spiro atoms. The number of rotatable bonds is 5. The van der Waals surface area contributed by atoms with Gasteiger partial charge in [-0.25, -0.2) is 13.4 Å². The number of fused-ring (bicyclic) bond motifs is 1. The van der Waals surface area contributed by atoms with Crippen LogP contribution in [-0.4, -0.2) is 32.4 Å². The van der Waals surface area contributed by atoms with Crippen LogP contribution in [0.25, 0.3) is 11.1 Å². The molecular formula is C12H13F3N2O4S. The lowest BCUT2D eigenvalue weighted by molar-refractivity contribution is -0.156. The highest BCUT2D eigenvalue weighted by Crippen LogP contribution is 2.31. The van der Waals surface area contributed by atoms with Gasteiger partial charge in [0.2, 0.25) is 10.0 Å². The number of hydrogen-bond acceptors (Lipinski definition) is 5. The number of sulfonamides is 1. The SMILES string of the molecule is COC(C)CS(=O)(=O)Nc1ccc2oc(C(F)(F)F)nc2c1. The van der Waals surface area contributed by atoms with E-state index >= 15 is 0 Å². The molecule has 1 aromatic carbocycles. The van der Waals surface area contributed by atoms with Gasteiger partial charge in [-0.3, -0.25) is 4.72 Å². The van der Waals surface area contributed by atoms with E-state index in [2.05, 4.69) is 14.1 Å². The molecule has 2 rings (SSSR count). The fourth-order valence-corrected chi connectivity index (χ4v) is 3.03. The summed E-state index contributed by atoms with van der Waals surface area (Å²) in [7, 11) is -2.32. The van der Waals surface area contributed by atoms with E-state index in [9.17, 15) is 21.6 Å². The number of methoxy groups -OCH3 is 1. The number of anilines is 1. The number of halogens is 3. The Morgan fingerprint density at radius 3 is 2.68 bits per heavy atom. The van der Waals surface area contributed by atoms with Crippen molar-refractivity contribution in [2.24, 2.45) is 0 Å². The summed E-state index contributed by atoms with van der Waals surface area (Å²) in [6.07, 6.45) is -5.22. The Hall–Kier alpha value is -1.81. The minimum atomic E-state index is -4.70. The maximum atomic E-state index is 12.5. The highest BCUT2D eigenvalue weighted by Gasteiger charge is 2.37. The van der Waals surface area contributed by atoms with Gasteiger partial charge in [0.05, 0.1) is 17.5 Å². The Bertz CT molecular complexity index is 770. The molecule has 1 N–H and O–H groups in total. The summed E-state index contributed by atoms with van der Waals surface area (Å²) in [5.74, 6) is -1.66. The van der Waals surface area contributed by atoms with Crippen LogP contribution in [0.4, 0.5) is 18.9 Å². The van der Waals surface area contributed by atoms with Crippen LogP contribution in [0.15, 0.2) is 22.6 Å². The molecule has 0 aliphatic rings. The molecule has 0 saturated heterocycles. The first-order chi connectivity index (χ1) is 10.1. The minimum Gasteiger partial charge on any atom is -0.433 e. The van der Waals surface area contributed by atoms with E-state index in [-0.39, 0.29) is 22.5 Å². The zero-order chi connectivity index (χ0) is 16.5. The highest BCUT2D eigenvalue weighted by atomic mass is 32.2. The molecule has 1 heterocycles. The third-order valence-electron chi connectivity index (χ3n) is 2.76. The van der Waals surface area contributed by atoms with Crippen molar-refractivity contribution < 1.29 is 30.7 Å². The fraction of sp³-hybridized carbons (Fsp3) is 0.417. The second-order valence-corrected chi connectivity index (χ2v) is 6.40. The molecule has 22 heavy (non-hydrogen) atoms. The number of benzene rings is 1. The summed E-state index contributed by atoms with van der Waals surface area (Å²) in [4.78, 5) is 3.30. The van der Waals surface area contributed by atoms with Crippen LogP contribution >= 0.6 is 0 Å². The van der Waals surface area contributed by atoms with Crippen LogP contribution in [0.5, 0.6) is 0 Å². The van der Waals surface area contributed by atoms with Crippen molar-refractivity contribution in [1.82, 2.24) is 4.98 Å². The zero-order valence-corrected chi connectivity index (χ0v) is 12.5. The zero-order valence-electron chi connectivity index (χ0n) is 11.6. The quantitative estimate of drug-likeness (QED) is 0.906. The standard InChI is InChI=1S/C12H13F3N2O4S/c1-7(20-2)6-22(18,19)17-8-3-4-10-9(5-8)16-11(21-10)12(13,14)15/h3-5,7,17H,6H2,1-2H3. The molecule has 0 fully saturated rings. The smallest absolute Gasteiger partial charge is 0.433 e. The lowest BCUT2D eigenvalue weighted by Crippen LogP contribution is -2.25. The average molecular weight is 338 g/mol. The number of nitrogens with zero attached hydrogens (tertiary/aromatic N) is 1. The van der Waals surface area contributed by atoms with Crippen LogP contribution in [0.3, 0.4) is 0 Å². The first kappa shape index (κ1) is 16.6. The maximum absolute atomic E-state index is 12.5. The van der Waals surface area contributed by atoms with E-state index in [1.165, 1.54) is 25.3 Å². The van der Waals surface area contributed by atoms with E-state index in [1.807, 2.05) is 0 Å². The molecule has 6 nitrogen and oxygen atoms in total. The third kappa shape index (κ3) is 3.89. The molecule has 1 unspecified atom stereocenters. The summed E-state index contributed by atoms with van der Waals surface area (Å²) < 4.78 is 72.9. The first-order valence-electron chi connectivity index (χ1n) is 6.12. The van der Waals surface area contributed by atoms with Crippen molar-refractivity contribution in [2.45, 2.75) is 19.2 Å². The Morgan fingerprint density at radius 1 is 1.41 bits per heavy atom. The van der Waals surface area contributed by atoms with Crippen molar-refractivity contribution in [3.05, 3.63) is 24.1 Å². The van der Waals surface area contributed by atoms with Crippen molar-refractivity contribution in [3.63, 3.8) is 0 Å². The largest absolute Gasteiger partial charge is 0.468 e. The van der Waals surface area contributed by atoms with Gasteiger partial charge >= 0.3 is 12.1 Å². The van der Waals surface area contributed by atoms with Gasteiger partial charge in [0.15, 0.2) is 5.58 Å². The number of oxazole rings is 1. The lowest BCUT2D eigenvalue weighted by atomic mass is 10.3. The van der Waals surface area contributed by atoms with Crippen LogP contribution in [0, 0.1) is 0 Å². The summed E-state index contributed by atoms with van der Waals surface area (Å²) in [5, 5.41) is 0. The molecule has 122 valence electrons. The predicted molar refractivity (Wildman–Crippen MR) is 72.9 cm³/mol. The van der Waals surface area contributed by atoms with Crippen LogP contribution < -0.4 is 4.72 Å². The van der Waals surface area contributed by atoms with E-state index in [0.717, 1.165) is 0 Å². The Morgan fingerprint density at radius 2 is 2.09 bits per heavy atom. The first-order valence-corrected chi connectivity index (χ1v) is 7.77. The van der Waals surface area contributed by atoms with E-state index in [1.54, 1.807) is 6.92 Å². The van der Waals surface area contributed by atoms with Crippen molar-refractivity contribution in [3.8, 4) is 0 Å². The van der Waals surface area contributed by atoms with Crippen LogP contribution in [-0.2, 0) is 20.9 Å². The molecule has 0 aliphatic heterocycles. The van der Waals surface area contributed by atoms with Crippen molar-refractivity contribution in [1.29, 1.82) is 0 Å². The van der Waals surface area contributed by atoms with E-state index in [0.29, 0.717) is 0 Å². The molecule has 10 heteroatoms. The van der Waals surface area contributed by atoms with Gasteiger partial charge in [-0.05, 0) is 25.1 Å². The van der Waals surface area contributed by atoms with E-state index < -0.39 is 28.2 Å². The number of ether oxygens (including phenoxy) is 1. The minimum absolute atomic E-state index is 0.0828. The normalized spacial score (nSPS) is 14.2. The van der Waals surface area contributed by atoms with Gasteiger partial charge in [0.1, 0.15) is 5.52 Å². The van der Waals surface area contributed by atoms with Gasteiger partial charge in [0.25, 0.3) is 0 Å². The maximum Gasteiger partial charge on any atom is 0.468 e. The molecule has 1 atom stereocenters. The number of nitrogens with one attached hydrogen (secondary N) is 1. The van der Waals surface area contributed by atoms with Gasteiger partial charge in [-0.15, -0.1) is 0 Å². The Kier molecular flexibility index (Phi) is 4.34. The number of alkyl halides is 3. The molecular weight excluding hydrogens is 325 g/mol. The third-order valence-corrected chi connectivity index (χ3v) is 4.21. The molecule has 0 amide bonds. The second kappa shape index (κ2) is 5.76. The summed E-state index contributed by atoms with van der Waals surface area (Å²) >= 11 is 0. The van der Waals surface area contributed by atoms with E-state index in [4.69, 9.17) is 4.74 Å². The Balaban J connectivity index is 2.26. The van der Waals surface area contributed by atoms with Crippen LogP contribution in [0.1, 0.15) is 12.8 Å². The second-order valence-electron chi connectivity index (χ2n) is 4.63. The fourth-order valence-electron chi connectivity index (χ4n) is 1.71. The average Bonchev–Trinajstić information content (AvgIpc) is 2.80. The molecule has 0 bridgehead atoms. The number of hydrogen-bond donors (Lipinski definition) is 1. The van der Waals surface area contributed by atoms with Gasteiger partial charge in [-0.1, -0.05) is 0 Å². The van der Waals surface area contributed by atoms with Gasteiger partial charge in [0, 0.05) is 7.11 Å². The lowest BCUT2D eigenvalue weighted by Gasteiger charge is -2.11. The molecule has 0 saturated carbocycles. The van der Waals surface area contributed by atoms with Crippen molar-refractivity contribution in [2.75, 3.05) is 17.6 Å². The van der Waals surface area contributed by atoms with Crippen molar-refractivity contribution >= 4 is 26.8 Å². The summed E-state index contributed by atoms with van der Waals surface area (Å²) in [6.45, 7) is 1.58. The summed E-state index contributed by atoms with van der Waals surface area (Å²) in [5.41, 5.74) is -0.0781.